The minimum Gasteiger partial charge on any atom is -0.496 e. The van der Waals surface area contributed by atoms with Gasteiger partial charge < -0.3 is 19.7 Å². The number of amides is 1. The number of hydrogen-bond donors (Lipinski definition) is 1. The van der Waals surface area contributed by atoms with E-state index >= 15 is 0 Å². The van der Waals surface area contributed by atoms with Crippen molar-refractivity contribution in [1.82, 2.24) is 5.32 Å². The predicted octanol–water partition coefficient (Wildman–Crippen LogP) is 2.25. The van der Waals surface area contributed by atoms with E-state index in [0.717, 1.165) is 35.8 Å². The van der Waals surface area contributed by atoms with Gasteiger partial charge in [0, 0.05) is 18.7 Å². The summed E-state index contributed by atoms with van der Waals surface area (Å²) in [5.41, 5.74) is 1.98. The van der Waals surface area contributed by atoms with Gasteiger partial charge in [-0.2, -0.15) is 0 Å². The lowest BCUT2D eigenvalue weighted by Gasteiger charge is -2.31. The highest BCUT2D eigenvalue weighted by molar-refractivity contribution is 5.79. The van der Waals surface area contributed by atoms with Crippen LogP contribution in [0.2, 0.25) is 0 Å². The SMILES string of the molecule is COc1ccccc1CC(=O)NCCN1CCOc2ccccc21. The van der Waals surface area contributed by atoms with Crippen LogP contribution in [0.1, 0.15) is 5.56 Å². The molecule has 1 aliphatic heterocycles. The second-order valence-corrected chi connectivity index (χ2v) is 5.64. The molecule has 0 saturated carbocycles. The van der Waals surface area contributed by atoms with Crippen LogP contribution in [-0.2, 0) is 11.2 Å². The van der Waals surface area contributed by atoms with Crippen LogP contribution in [0.15, 0.2) is 48.5 Å². The van der Waals surface area contributed by atoms with Gasteiger partial charge in [-0.05, 0) is 18.2 Å². The third-order valence-electron chi connectivity index (χ3n) is 4.07. The first-order valence-electron chi connectivity index (χ1n) is 8.13. The molecule has 1 amide bonds. The highest BCUT2D eigenvalue weighted by Gasteiger charge is 2.17. The Balaban J connectivity index is 1.51. The van der Waals surface area contributed by atoms with Crippen molar-refractivity contribution >= 4 is 11.6 Å². The van der Waals surface area contributed by atoms with Gasteiger partial charge in [-0.1, -0.05) is 30.3 Å². The molecule has 1 heterocycles. The highest BCUT2D eigenvalue weighted by Crippen LogP contribution is 2.30. The molecule has 0 aliphatic carbocycles. The Morgan fingerprint density at radius 1 is 1.21 bits per heavy atom. The van der Waals surface area contributed by atoms with E-state index in [1.807, 2.05) is 48.5 Å². The summed E-state index contributed by atoms with van der Waals surface area (Å²) in [7, 11) is 1.62. The molecule has 0 unspecified atom stereocenters. The fourth-order valence-electron chi connectivity index (χ4n) is 2.87. The number of benzene rings is 2. The third kappa shape index (κ3) is 3.79. The number of ether oxygens (including phenoxy) is 2. The van der Waals surface area contributed by atoms with Crippen LogP contribution in [0.5, 0.6) is 11.5 Å². The molecule has 0 fully saturated rings. The molecule has 5 nitrogen and oxygen atoms in total. The Hall–Kier alpha value is -2.69. The van der Waals surface area contributed by atoms with Crippen molar-refractivity contribution in [3.05, 3.63) is 54.1 Å². The van der Waals surface area contributed by atoms with Gasteiger partial charge in [0.2, 0.25) is 5.91 Å². The number of methoxy groups -OCH3 is 1. The van der Waals surface area contributed by atoms with Crippen molar-refractivity contribution in [2.24, 2.45) is 0 Å². The minimum atomic E-state index is 0.000967. The van der Waals surface area contributed by atoms with Crippen molar-refractivity contribution < 1.29 is 14.3 Å². The molecule has 2 aromatic rings. The van der Waals surface area contributed by atoms with E-state index in [-0.39, 0.29) is 5.91 Å². The number of carbonyl (C=O) groups is 1. The number of nitrogens with one attached hydrogen (secondary N) is 1. The molecule has 0 radical (unpaired) electrons. The van der Waals surface area contributed by atoms with Crippen LogP contribution >= 0.6 is 0 Å². The molecule has 0 saturated heterocycles. The number of para-hydroxylation sites is 3. The van der Waals surface area contributed by atoms with E-state index < -0.39 is 0 Å². The van der Waals surface area contributed by atoms with Gasteiger partial charge in [0.05, 0.1) is 25.8 Å². The monoisotopic (exact) mass is 326 g/mol. The quantitative estimate of drug-likeness (QED) is 0.885. The van der Waals surface area contributed by atoms with Crippen LogP contribution in [0.3, 0.4) is 0 Å². The molecule has 0 spiro atoms. The largest absolute Gasteiger partial charge is 0.496 e. The zero-order valence-electron chi connectivity index (χ0n) is 13.8. The van der Waals surface area contributed by atoms with E-state index in [2.05, 4.69) is 10.2 Å². The lowest BCUT2D eigenvalue weighted by atomic mass is 10.1. The molecule has 1 N–H and O–H groups in total. The molecule has 0 aromatic heterocycles. The predicted molar refractivity (Wildman–Crippen MR) is 93.9 cm³/mol. The second kappa shape index (κ2) is 7.73. The Bertz CT molecular complexity index is 703. The molecule has 5 heteroatoms. The average Bonchev–Trinajstić information content (AvgIpc) is 2.62. The third-order valence-corrected chi connectivity index (χ3v) is 4.07. The Kier molecular flexibility index (Phi) is 5.21. The number of fused-ring (bicyclic) bond motifs is 1. The molecular formula is C19H22N2O3. The number of hydrogen-bond acceptors (Lipinski definition) is 4. The van der Waals surface area contributed by atoms with Crippen molar-refractivity contribution in [2.45, 2.75) is 6.42 Å². The first-order chi connectivity index (χ1) is 11.8. The van der Waals surface area contributed by atoms with Gasteiger partial charge in [-0.25, -0.2) is 0 Å². The van der Waals surface area contributed by atoms with E-state index in [9.17, 15) is 4.79 Å². The topological polar surface area (TPSA) is 50.8 Å². The van der Waals surface area contributed by atoms with Gasteiger partial charge in [0.1, 0.15) is 18.1 Å². The number of rotatable bonds is 6. The maximum atomic E-state index is 12.2. The van der Waals surface area contributed by atoms with E-state index in [4.69, 9.17) is 9.47 Å². The first-order valence-corrected chi connectivity index (χ1v) is 8.13. The van der Waals surface area contributed by atoms with Gasteiger partial charge >= 0.3 is 0 Å². The van der Waals surface area contributed by atoms with Crippen molar-refractivity contribution in [1.29, 1.82) is 0 Å². The summed E-state index contributed by atoms with van der Waals surface area (Å²) in [4.78, 5) is 14.4. The van der Waals surface area contributed by atoms with E-state index in [1.54, 1.807) is 7.11 Å². The van der Waals surface area contributed by atoms with Crippen LogP contribution in [0, 0.1) is 0 Å². The van der Waals surface area contributed by atoms with Crippen LogP contribution < -0.4 is 19.7 Å². The summed E-state index contributed by atoms with van der Waals surface area (Å²) in [6, 6.07) is 15.6. The van der Waals surface area contributed by atoms with Crippen LogP contribution in [-0.4, -0.2) is 39.3 Å². The number of anilines is 1. The van der Waals surface area contributed by atoms with E-state index in [0.29, 0.717) is 19.6 Å². The minimum absolute atomic E-state index is 0.000967. The first kappa shape index (κ1) is 16.2. The highest BCUT2D eigenvalue weighted by atomic mass is 16.5. The Morgan fingerprint density at radius 2 is 2.00 bits per heavy atom. The van der Waals surface area contributed by atoms with Gasteiger partial charge in [0.15, 0.2) is 0 Å². The zero-order chi connectivity index (χ0) is 16.8. The van der Waals surface area contributed by atoms with Crippen molar-refractivity contribution in [3.8, 4) is 11.5 Å². The number of carbonyl (C=O) groups excluding carboxylic acids is 1. The lowest BCUT2D eigenvalue weighted by Crippen LogP contribution is -2.39. The fraction of sp³-hybridized carbons (Fsp3) is 0.316. The molecule has 24 heavy (non-hydrogen) atoms. The molecular weight excluding hydrogens is 304 g/mol. The Morgan fingerprint density at radius 3 is 2.88 bits per heavy atom. The summed E-state index contributed by atoms with van der Waals surface area (Å²) in [6.07, 6.45) is 0.323. The molecule has 0 bridgehead atoms. The van der Waals surface area contributed by atoms with Crippen LogP contribution in [0.4, 0.5) is 5.69 Å². The molecule has 0 atom stereocenters. The van der Waals surface area contributed by atoms with Gasteiger partial charge in [-0.3, -0.25) is 4.79 Å². The fourth-order valence-corrected chi connectivity index (χ4v) is 2.87. The normalized spacial score (nSPS) is 13.0. The maximum Gasteiger partial charge on any atom is 0.224 e. The standard InChI is InChI=1S/C19H22N2O3/c1-23-17-8-4-2-6-15(17)14-19(22)20-10-11-21-12-13-24-18-9-5-3-7-16(18)21/h2-9H,10-14H2,1H3,(H,20,22). The molecule has 3 rings (SSSR count). The number of nitrogens with zero attached hydrogens (tertiary/aromatic N) is 1. The summed E-state index contributed by atoms with van der Waals surface area (Å²) in [5, 5.41) is 2.98. The van der Waals surface area contributed by atoms with Gasteiger partial charge in [0.25, 0.3) is 0 Å². The van der Waals surface area contributed by atoms with Crippen molar-refractivity contribution in [2.75, 3.05) is 38.3 Å². The average molecular weight is 326 g/mol. The van der Waals surface area contributed by atoms with Gasteiger partial charge in [-0.15, -0.1) is 0 Å². The molecule has 2 aromatic carbocycles. The maximum absolute atomic E-state index is 12.2. The van der Waals surface area contributed by atoms with Crippen LogP contribution in [0.25, 0.3) is 0 Å². The second-order valence-electron chi connectivity index (χ2n) is 5.64. The zero-order valence-corrected chi connectivity index (χ0v) is 13.8. The lowest BCUT2D eigenvalue weighted by molar-refractivity contribution is -0.120. The summed E-state index contributed by atoms with van der Waals surface area (Å²) < 4.78 is 10.9. The summed E-state index contributed by atoms with van der Waals surface area (Å²) >= 11 is 0. The smallest absolute Gasteiger partial charge is 0.224 e. The van der Waals surface area contributed by atoms with Crippen molar-refractivity contribution in [3.63, 3.8) is 0 Å². The molecule has 126 valence electrons. The summed E-state index contributed by atoms with van der Waals surface area (Å²) in [5.74, 6) is 1.65. The summed E-state index contributed by atoms with van der Waals surface area (Å²) in [6.45, 7) is 2.87. The molecule has 1 aliphatic rings. The van der Waals surface area contributed by atoms with E-state index in [1.165, 1.54) is 0 Å². The Labute approximate surface area is 142 Å².